The Kier molecular flexibility index (Phi) is 6.09. The van der Waals surface area contributed by atoms with Crippen molar-refractivity contribution in [2.24, 2.45) is 5.92 Å². The van der Waals surface area contributed by atoms with Gasteiger partial charge >= 0.3 is 6.03 Å². The van der Waals surface area contributed by atoms with Crippen molar-refractivity contribution in [3.05, 3.63) is 47.7 Å². The van der Waals surface area contributed by atoms with Crippen molar-refractivity contribution in [1.29, 1.82) is 0 Å². The van der Waals surface area contributed by atoms with Crippen molar-refractivity contribution >= 4 is 11.9 Å². The average molecular weight is 341 g/mol. The van der Waals surface area contributed by atoms with Crippen LogP contribution in [0, 0.1) is 5.92 Å². The molecule has 0 bridgehead atoms. The first kappa shape index (κ1) is 17.5. The van der Waals surface area contributed by atoms with Crippen LogP contribution in [0.3, 0.4) is 0 Å². The Morgan fingerprint density at radius 1 is 1.08 bits per heavy atom. The SMILES string of the molecule is O=C(CCNC(=O)N1CCCC2CCCC=C21)NCc1ccccc1. The van der Waals surface area contributed by atoms with Crippen molar-refractivity contribution < 1.29 is 9.59 Å². The Bertz CT molecular complexity index is 627. The monoisotopic (exact) mass is 341 g/mol. The van der Waals surface area contributed by atoms with Gasteiger partial charge in [0.05, 0.1) is 0 Å². The Labute approximate surface area is 149 Å². The number of amides is 3. The third-order valence-electron chi connectivity index (χ3n) is 4.98. The number of carbonyl (C=O) groups excluding carboxylic acids is 2. The summed E-state index contributed by atoms with van der Waals surface area (Å²) >= 11 is 0. The highest BCUT2D eigenvalue weighted by Crippen LogP contribution is 2.34. The first-order chi connectivity index (χ1) is 12.2. The zero-order valence-corrected chi connectivity index (χ0v) is 14.7. The third kappa shape index (κ3) is 4.84. The molecule has 1 aromatic carbocycles. The Hall–Kier alpha value is -2.30. The molecular formula is C20H27N3O2. The van der Waals surface area contributed by atoms with E-state index in [0.717, 1.165) is 24.9 Å². The van der Waals surface area contributed by atoms with E-state index in [9.17, 15) is 9.59 Å². The van der Waals surface area contributed by atoms with Crippen LogP contribution in [-0.4, -0.2) is 29.9 Å². The maximum absolute atomic E-state index is 12.5. The number of allylic oxidation sites excluding steroid dienone is 2. The van der Waals surface area contributed by atoms with Crippen molar-refractivity contribution in [2.75, 3.05) is 13.1 Å². The molecule has 3 amide bonds. The Morgan fingerprint density at radius 2 is 1.88 bits per heavy atom. The van der Waals surface area contributed by atoms with Gasteiger partial charge in [0.1, 0.15) is 0 Å². The Morgan fingerprint density at radius 3 is 2.72 bits per heavy atom. The van der Waals surface area contributed by atoms with Crippen LogP contribution < -0.4 is 10.6 Å². The van der Waals surface area contributed by atoms with Crippen LogP contribution in [0.15, 0.2) is 42.1 Å². The highest BCUT2D eigenvalue weighted by atomic mass is 16.2. The largest absolute Gasteiger partial charge is 0.352 e. The van der Waals surface area contributed by atoms with Crippen LogP contribution >= 0.6 is 0 Å². The van der Waals surface area contributed by atoms with Gasteiger partial charge in [-0.05, 0) is 43.6 Å². The molecule has 134 valence electrons. The molecule has 0 spiro atoms. The fraction of sp³-hybridized carbons (Fsp3) is 0.500. The van der Waals surface area contributed by atoms with Crippen LogP contribution in [0.25, 0.3) is 0 Å². The highest BCUT2D eigenvalue weighted by Gasteiger charge is 2.30. The van der Waals surface area contributed by atoms with Gasteiger partial charge in [0.25, 0.3) is 0 Å². The summed E-state index contributed by atoms with van der Waals surface area (Å²) in [6, 6.07) is 9.75. The normalized spacial score (nSPS) is 19.6. The molecule has 1 aromatic rings. The highest BCUT2D eigenvalue weighted by molar-refractivity contribution is 5.79. The molecule has 1 atom stereocenters. The number of nitrogens with one attached hydrogen (secondary N) is 2. The molecule has 1 aliphatic carbocycles. The van der Waals surface area contributed by atoms with Crippen LogP contribution in [0.5, 0.6) is 0 Å². The summed E-state index contributed by atoms with van der Waals surface area (Å²) in [5.41, 5.74) is 2.27. The summed E-state index contributed by atoms with van der Waals surface area (Å²) in [6.07, 6.45) is 8.26. The summed E-state index contributed by atoms with van der Waals surface area (Å²) in [7, 11) is 0. The van der Waals surface area contributed by atoms with Crippen molar-refractivity contribution in [1.82, 2.24) is 15.5 Å². The third-order valence-corrected chi connectivity index (χ3v) is 4.98. The Balaban J connectivity index is 1.40. The molecule has 5 heteroatoms. The van der Waals surface area contributed by atoms with Gasteiger partial charge in [-0.15, -0.1) is 0 Å². The fourth-order valence-corrected chi connectivity index (χ4v) is 3.66. The molecule has 0 saturated carbocycles. The number of rotatable bonds is 5. The second-order valence-electron chi connectivity index (χ2n) is 6.79. The van der Waals surface area contributed by atoms with Crippen LogP contribution in [0.2, 0.25) is 0 Å². The summed E-state index contributed by atoms with van der Waals surface area (Å²) in [5, 5.41) is 5.78. The van der Waals surface area contributed by atoms with E-state index >= 15 is 0 Å². The van der Waals surface area contributed by atoms with E-state index in [4.69, 9.17) is 0 Å². The smallest absolute Gasteiger partial charge is 0.321 e. The first-order valence-corrected chi connectivity index (χ1v) is 9.30. The van der Waals surface area contributed by atoms with E-state index in [2.05, 4.69) is 16.7 Å². The maximum Gasteiger partial charge on any atom is 0.321 e. The van der Waals surface area contributed by atoms with Crippen molar-refractivity contribution in [2.45, 2.75) is 45.1 Å². The van der Waals surface area contributed by atoms with Gasteiger partial charge < -0.3 is 10.6 Å². The summed E-state index contributed by atoms with van der Waals surface area (Å²) < 4.78 is 0. The zero-order chi connectivity index (χ0) is 17.5. The van der Waals surface area contributed by atoms with E-state index in [1.807, 2.05) is 35.2 Å². The molecule has 1 heterocycles. The molecule has 1 unspecified atom stereocenters. The fourth-order valence-electron chi connectivity index (χ4n) is 3.66. The van der Waals surface area contributed by atoms with Gasteiger partial charge in [-0.2, -0.15) is 0 Å². The number of carbonyl (C=O) groups is 2. The molecule has 2 N–H and O–H groups in total. The van der Waals surface area contributed by atoms with E-state index in [0.29, 0.717) is 25.4 Å². The molecule has 1 aliphatic heterocycles. The lowest BCUT2D eigenvalue weighted by atomic mass is 9.85. The predicted octanol–water partition coefficient (Wildman–Crippen LogP) is 3.18. The minimum atomic E-state index is -0.0614. The number of fused-ring (bicyclic) bond motifs is 1. The molecule has 5 nitrogen and oxygen atoms in total. The lowest BCUT2D eigenvalue weighted by molar-refractivity contribution is -0.121. The zero-order valence-electron chi connectivity index (χ0n) is 14.7. The van der Waals surface area contributed by atoms with Crippen LogP contribution in [-0.2, 0) is 11.3 Å². The topological polar surface area (TPSA) is 61.4 Å². The lowest BCUT2D eigenvalue weighted by Crippen LogP contribution is -2.45. The predicted molar refractivity (Wildman–Crippen MR) is 97.7 cm³/mol. The molecule has 0 aromatic heterocycles. The van der Waals surface area contributed by atoms with Crippen LogP contribution in [0.1, 0.15) is 44.1 Å². The minimum Gasteiger partial charge on any atom is -0.352 e. The molecule has 1 fully saturated rings. The average Bonchev–Trinajstić information content (AvgIpc) is 2.66. The van der Waals surface area contributed by atoms with Gasteiger partial charge in [-0.1, -0.05) is 36.4 Å². The van der Waals surface area contributed by atoms with Crippen LogP contribution in [0.4, 0.5) is 4.79 Å². The second kappa shape index (κ2) is 8.70. The van der Waals surface area contributed by atoms with Gasteiger partial charge in [-0.25, -0.2) is 4.79 Å². The quantitative estimate of drug-likeness (QED) is 0.864. The maximum atomic E-state index is 12.5. The number of hydrogen-bond acceptors (Lipinski definition) is 2. The van der Waals surface area contributed by atoms with Gasteiger partial charge in [0, 0.05) is 31.8 Å². The molecule has 2 aliphatic rings. The molecule has 0 radical (unpaired) electrons. The molecular weight excluding hydrogens is 314 g/mol. The standard InChI is InChI=1S/C20H27N3O2/c24-19(22-15-16-7-2-1-3-8-16)12-13-21-20(25)23-14-6-10-17-9-4-5-11-18(17)23/h1-3,7-8,11,17H,4-6,9-10,12-15H2,(H,21,25)(H,22,24). The first-order valence-electron chi connectivity index (χ1n) is 9.30. The summed E-state index contributed by atoms with van der Waals surface area (Å²) in [5.74, 6) is 0.500. The molecule has 3 rings (SSSR count). The number of nitrogens with zero attached hydrogens (tertiary/aromatic N) is 1. The van der Waals surface area contributed by atoms with Gasteiger partial charge in [0.2, 0.25) is 5.91 Å². The minimum absolute atomic E-state index is 0.0439. The number of hydrogen-bond donors (Lipinski definition) is 2. The molecule has 1 saturated heterocycles. The van der Waals surface area contributed by atoms with Gasteiger partial charge in [0.15, 0.2) is 0 Å². The lowest BCUT2D eigenvalue weighted by Gasteiger charge is -2.37. The number of urea groups is 1. The number of benzene rings is 1. The van der Waals surface area contributed by atoms with E-state index in [1.54, 1.807) is 0 Å². The number of piperidine rings is 1. The number of likely N-dealkylation sites (tertiary alicyclic amines) is 1. The summed E-state index contributed by atoms with van der Waals surface area (Å²) in [4.78, 5) is 26.3. The van der Waals surface area contributed by atoms with E-state index < -0.39 is 0 Å². The molecule has 25 heavy (non-hydrogen) atoms. The second-order valence-corrected chi connectivity index (χ2v) is 6.79. The van der Waals surface area contributed by atoms with Gasteiger partial charge in [-0.3, -0.25) is 9.69 Å². The van der Waals surface area contributed by atoms with Crippen molar-refractivity contribution in [3.63, 3.8) is 0 Å². The summed E-state index contributed by atoms with van der Waals surface area (Å²) in [6.45, 7) is 1.68. The van der Waals surface area contributed by atoms with E-state index in [-0.39, 0.29) is 11.9 Å². The van der Waals surface area contributed by atoms with Crippen molar-refractivity contribution in [3.8, 4) is 0 Å². The van der Waals surface area contributed by atoms with E-state index in [1.165, 1.54) is 25.0 Å².